The fourth-order valence-electron chi connectivity index (χ4n) is 2.04. The van der Waals surface area contributed by atoms with E-state index < -0.39 is 0 Å². The Hall–Kier alpha value is -1.82. The van der Waals surface area contributed by atoms with Crippen molar-refractivity contribution in [3.05, 3.63) is 40.8 Å². The van der Waals surface area contributed by atoms with E-state index in [0.29, 0.717) is 5.92 Å². The largest absolute Gasteiger partial charge is 0.356 e. The minimum atomic E-state index is 0.487. The van der Waals surface area contributed by atoms with Crippen molar-refractivity contribution in [2.75, 3.05) is 20.1 Å². The average Bonchev–Trinajstić information content (AvgIpc) is 3.16. The topological polar surface area (TPSA) is 54.2 Å². The highest BCUT2D eigenvalue weighted by Gasteiger charge is 2.05. The molecule has 0 spiro atoms. The van der Waals surface area contributed by atoms with Crippen molar-refractivity contribution in [1.82, 2.24) is 20.4 Å². The maximum absolute atomic E-state index is 4.25. The Kier molecular flexibility index (Phi) is 6.27. The van der Waals surface area contributed by atoms with Gasteiger partial charge in [-0.25, -0.2) is 0 Å². The highest BCUT2D eigenvalue weighted by Crippen LogP contribution is 2.07. The molecule has 0 bridgehead atoms. The SMILES string of the molecule is CN=C(NCCc1cccs1)NCC(C)Cn1cccn1. The first kappa shape index (κ1) is 15.6. The van der Waals surface area contributed by atoms with Gasteiger partial charge in [-0.05, 0) is 29.9 Å². The van der Waals surface area contributed by atoms with Gasteiger partial charge in [0, 0.05) is 44.0 Å². The molecule has 2 N–H and O–H groups in total. The fourth-order valence-corrected chi connectivity index (χ4v) is 2.75. The molecule has 0 aromatic carbocycles. The molecule has 114 valence electrons. The zero-order valence-electron chi connectivity index (χ0n) is 12.6. The fraction of sp³-hybridized carbons (Fsp3) is 0.467. The van der Waals surface area contributed by atoms with Gasteiger partial charge in [0.25, 0.3) is 0 Å². The van der Waals surface area contributed by atoms with Gasteiger partial charge in [0.1, 0.15) is 0 Å². The summed E-state index contributed by atoms with van der Waals surface area (Å²) < 4.78 is 1.96. The molecule has 5 nitrogen and oxygen atoms in total. The number of thiophene rings is 1. The Morgan fingerprint density at radius 3 is 3.00 bits per heavy atom. The molecule has 2 heterocycles. The van der Waals surface area contributed by atoms with Gasteiger partial charge in [-0.2, -0.15) is 5.10 Å². The molecular formula is C15H23N5S. The number of hydrogen-bond acceptors (Lipinski definition) is 3. The van der Waals surface area contributed by atoms with Crippen LogP contribution in [0.4, 0.5) is 0 Å². The summed E-state index contributed by atoms with van der Waals surface area (Å²) in [5, 5.41) is 13.0. The van der Waals surface area contributed by atoms with Crippen molar-refractivity contribution in [2.24, 2.45) is 10.9 Å². The van der Waals surface area contributed by atoms with Crippen LogP contribution in [0.1, 0.15) is 11.8 Å². The van der Waals surface area contributed by atoms with Crippen LogP contribution >= 0.6 is 11.3 Å². The molecule has 2 rings (SSSR count). The molecule has 0 saturated heterocycles. The second-order valence-electron chi connectivity index (χ2n) is 5.04. The molecule has 2 aromatic rings. The number of rotatable bonds is 7. The molecule has 6 heteroatoms. The van der Waals surface area contributed by atoms with Crippen molar-refractivity contribution < 1.29 is 0 Å². The van der Waals surface area contributed by atoms with Crippen LogP contribution in [-0.4, -0.2) is 35.9 Å². The summed E-state index contributed by atoms with van der Waals surface area (Å²) in [6, 6.07) is 6.20. The van der Waals surface area contributed by atoms with Gasteiger partial charge >= 0.3 is 0 Å². The van der Waals surface area contributed by atoms with E-state index in [4.69, 9.17) is 0 Å². The van der Waals surface area contributed by atoms with Crippen molar-refractivity contribution in [3.8, 4) is 0 Å². The molecule has 21 heavy (non-hydrogen) atoms. The smallest absolute Gasteiger partial charge is 0.190 e. The lowest BCUT2D eigenvalue weighted by atomic mass is 10.2. The van der Waals surface area contributed by atoms with E-state index in [2.05, 4.69) is 45.2 Å². The third-order valence-electron chi connectivity index (χ3n) is 3.14. The Morgan fingerprint density at radius 2 is 2.33 bits per heavy atom. The lowest BCUT2D eigenvalue weighted by Gasteiger charge is -2.16. The highest BCUT2D eigenvalue weighted by atomic mass is 32.1. The molecule has 0 saturated carbocycles. The first-order valence-electron chi connectivity index (χ1n) is 7.22. The van der Waals surface area contributed by atoms with Crippen LogP contribution in [0.2, 0.25) is 0 Å². The standard InChI is InChI=1S/C15H23N5S/c1-13(12-20-9-4-7-19-20)11-18-15(16-2)17-8-6-14-5-3-10-21-14/h3-5,7,9-10,13H,6,8,11-12H2,1-2H3,(H2,16,17,18). The van der Waals surface area contributed by atoms with Gasteiger partial charge in [0.2, 0.25) is 0 Å². The molecule has 0 aliphatic carbocycles. The van der Waals surface area contributed by atoms with Crippen LogP contribution in [0, 0.1) is 5.92 Å². The molecule has 1 unspecified atom stereocenters. The first-order valence-corrected chi connectivity index (χ1v) is 8.10. The number of nitrogens with zero attached hydrogens (tertiary/aromatic N) is 3. The summed E-state index contributed by atoms with van der Waals surface area (Å²) in [5.41, 5.74) is 0. The third-order valence-corrected chi connectivity index (χ3v) is 4.08. The van der Waals surface area contributed by atoms with Gasteiger partial charge in [-0.1, -0.05) is 13.0 Å². The second-order valence-corrected chi connectivity index (χ2v) is 6.07. The van der Waals surface area contributed by atoms with Crippen LogP contribution in [0.15, 0.2) is 41.0 Å². The maximum Gasteiger partial charge on any atom is 0.190 e. The number of aliphatic imine (C=N–C) groups is 1. The zero-order chi connectivity index (χ0) is 14.9. The Labute approximate surface area is 130 Å². The van der Waals surface area contributed by atoms with E-state index >= 15 is 0 Å². The van der Waals surface area contributed by atoms with E-state index in [-0.39, 0.29) is 0 Å². The zero-order valence-corrected chi connectivity index (χ0v) is 13.4. The number of guanidine groups is 1. The monoisotopic (exact) mass is 305 g/mol. The van der Waals surface area contributed by atoms with Crippen molar-refractivity contribution in [3.63, 3.8) is 0 Å². The van der Waals surface area contributed by atoms with Crippen LogP contribution in [-0.2, 0) is 13.0 Å². The Balaban J connectivity index is 1.65. The number of aromatic nitrogens is 2. The summed E-state index contributed by atoms with van der Waals surface area (Å²) >= 11 is 1.79. The van der Waals surface area contributed by atoms with Gasteiger partial charge in [-0.15, -0.1) is 11.3 Å². The second kappa shape index (κ2) is 8.46. The van der Waals surface area contributed by atoms with Crippen LogP contribution in [0.3, 0.4) is 0 Å². The maximum atomic E-state index is 4.25. The van der Waals surface area contributed by atoms with Crippen LogP contribution in [0.25, 0.3) is 0 Å². The molecule has 0 radical (unpaired) electrons. The molecule has 1 atom stereocenters. The van der Waals surface area contributed by atoms with E-state index in [0.717, 1.165) is 32.0 Å². The van der Waals surface area contributed by atoms with E-state index in [9.17, 15) is 0 Å². The van der Waals surface area contributed by atoms with Crippen LogP contribution < -0.4 is 10.6 Å². The molecule has 0 aliphatic rings. The summed E-state index contributed by atoms with van der Waals surface area (Å²) in [6.07, 6.45) is 4.83. The molecule has 0 fully saturated rings. The van der Waals surface area contributed by atoms with Gasteiger partial charge < -0.3 is 10.6 Å². The average molecular weight is 305 g/mol. The quantitative estimate of drug-likeness (QED) is 0.607. The summed E-state index contributed by atoms with van der Waals surface area (Å²) in [5.74, 6) is 1.35. The van der Waals surface area contributed by atoms with E-state index in [1.54, 1.807) is 18.4 Å². The lowest BCUT2D eigenvalue weighted by molar-refractivity contribution is 0.443. The predicted molar refractivity (Wildman–Crippen MR) is 88.8 cm³/mol. The molecular weight excluding hydrogens is 282 g/mol. The van der Waals surface area contributed by atoms with Crippen molar-refractivity contribution in [2.45, 2.75) is 19.9 Å². The first-order chi connectivity index (χ1) is 10.3. The normalized spacial score (nSPS) is 13.1. The third kappa shape index (κ3) is 5.59. The summed E-state index contributed by atoms with van der Waals surface area (Å²) in [4.78, 5) is 5.64. The highest BCUT2D eigenvalue weighted by molar-refractivity contribution is 7.09. The number of nitrogens with one attached hydrogen (secondary N) is 2. The molecule has 0 amide bonds. The molecule has 2 aromatic heterocycles. The Bertz CT molecular complexity index is 518. The van der Waals surface area contributed by atoms with Gasteiger partial charge in [-0.3, -0.25) is 9.67 Å². The minimum Gasteiger partial charge on any atom is -0.356 e. The van der Waals surface area contributed by atoms with Crippen LogP contribution in [0.5, 0.6) is 0 Å². The predicted octanol–water partition coefficient (Wildman–Crippen LogP) is 1.99. The van der Waals surface area contributed by atoms with Crippen molar-refractivity contribution in [1.29, 1.82) is 0 Å². The minimum absolute atomic E-state index is 0.487. The van der Waals surface area contributed by atoms with E-state index in [1.807, 2.05) is 23.1 Å². The lowest BCUT2D eigenvalue weighted by Crippen LogP contribution is -2.40. The number of hydrogen-bond donors (Lipinski definition) is 2. The van der Waals surface area contributed by atoms with Gasteiger partial charge in [0.05, 0.1) is 0 Å². The summed E-state index contributed by atoms with van der Waals surface area (Å²) in [7, 11) is 1.80. The summed E-state index contributed by atoms with van der Waals surface area (Å²) in [6.45, 7) is 4.88. The van der Waals surface area contributed by atoms with E-state index in [1.165, 1.54) is 4.88 Å². The van der Waals surface area contributed by atoms with Gasteiger partial charge in [0.15, 0.2) is 5.96 Å². The van der Waals surface area contributed by atoms with Crippen molar-refractivity contribution >= 4 is 17.3 Å². The molecule has 0 aliphatic heterocycles. The Morgan fingerprint density at radius 1 is 1.43 bits per heavy atom.